The number of nitrogens with one attached hydrogen (secondary N) is 1. The van der Waals surface area contributed by atoms with Gasteiger partial charge in [0, 0.05) is 43.7 Å². The minimum atomic E-state index is -0.0259. The molecule has 24 heavy (non-hydrogen) atoms. The first kappa shape index (κ1) is 17.1. The third kappa shape index (κ3) is 3.69. The van der Waals surface area contributed by atoms with Crippen molar-refractivity contribution in [2.45, 2.75) is 30.6 Å². The van der Waals surface area contributed by atoms with Crippen LogP contribution in [0.3, 0.4) is 0 Å². The average molecular weight is 347 g/mol. The van der Waals surface area contributed by atoms with Gasteiger partial charge in [0.15, 0.2) is 0 Å². The molecular formula is C18H25N3O2S. The third-order valence-electron chi connectivity index (χ3n) is 5.32. The molecule has 0 saturated carbocycles. The normalized spacial score (nSPS) is 20.3. The number of carbonyl (C=O) groups is 2. The molecule has 0 atom stereocenters. The molecular weight excluding hydrogens is 322 g/mol. The van der Waals surface area contributed by atoms with Crippen LogP contribution in [0.1, 0.15) is 25.7 Å². The Morgan fingerprint density at radius 3 is 2.42 bits per heavy atom. The number of hydrogen-bond donors (Lipinski definition) is 1. The summed E-state index contributed by atoms with van der Waals surface area (Å²) in [4.78, 5) is 29.1. The van der Waals surface area contributed by atoms with Crippen molar-refractivity contribution in [2.75, 3.05) is 38.3 Å². The Morgan fingerprint density at radius 1 is 1.17 bits per heavy atom. The van der Waals surface area contributed by atoms with Crippen LogP contribution in [-0.4, -0.2) is 54.7 Å². The highest BCUT2D eigenvalue weighted by Crippen LogP contribution is 2.39. The molecule has 2 fully saturated rings. The number of piperidine rings is 2. The number of amides is 3. The van der Waals surface area contributed by atoms with Crippen molar-refractivity contribution >= 4 is 29.4 Å². The molecule has 2 saturated heterocycles. The van der Waals surface area contributed by atoms with E-state index in [1.54, 1.807) is 11.8 Å². The topological polar surface area (TPSA) is 52.7 Å². The van der Waals surface area contributed by atoms with Gasteiger partial charge in [-0.15, -0.1) is 11.8 Å². The molecule has 0 aliphatic carbocycles. The second-order valence-corrected chi connectivity index (χ2v) is 7.78. The molecule has 5 nitrogen and oxygen atoms in total. The fourth-order valence-corrected chi connectivity index (χ4v) is 4.11. The maximum atomic E-state index is 12.5. The van der Waals surface area contributed by atoms with Gasteiger partial charge in [-0.2, -0.15) is 0 Å². The molecule has 0 unspecified atom stereocenters. The standard InChI is InChI=1S/C18H25N3O2S/c1-20-13-18(8-7-16(20)22)9-11-21(12-10-18)17(23)19-14-3-5-15(24-2)6-4-14/h3-6H,7-13H2,1-2H3,(H,19,23). The molecule has 0 radical (unpaired) electrons. The van der Waals surface area contributed by atoms with Crippen molar-refractivity contribution in [3.05, 3.63) is 24.3 Å². The highest BCUT2D eigenvalue weighted by atomic mass is 32.2. The Labute approximate surface area is 147 Å². The molecule has 1 N–H and O–H groups in total. The summed E-state index contributed by atoms with van der Waals surface area (Å²) in [7, 11) is 1.89. The molecule has 1 aromatic carbocycles. The lowest BCUT2D eigenvalue weighted by Crippen LogP contribution is -2.51. The fourth-order valence-electron chi connectivity index (χ4n) is 3.70. The number of hydrogen-bond acceptors (Lipinski definition) is 3. The number of anilines is 1. The van der Waals surface area contributed by atoms with Crippen molar-refractivity contribution in [1.29, 1.82) is 0 Å². The Bertz CT molecular complexity index is 609. The lowest BCUT2D eigenvalue weighted by molar-refractivity contribution is -0.137. The molecule has 1 spiro atoms. The predicted molar refractivity (Wildman–Crippen MR) is 97.4 cm³/mol. The van der Waals surface area contributed by atoms with Gasteiger partial charge in [-0.05, 0) is 55.2 Å². The Hall–Kier alpha value is -1.69. The number of likely N-dealkylation sites (tertiary alicyclic amines) is 2. The summed E-state index contributed by atoms with van der Waals surface area (Å²) >= 11 is 1.69. The first-order valence-corrected chi connectivity index (χ1v) is 9.68. The highest BCUT2D eigenvalue weighted by molar-refractivity contribution is 7.98. The van der Waals surface area contributed by atoms with Crippen LogP contribution in [0.4, 0.5) is 10.5 Å². The zero-order valence-electron chi connectivity index (χ0n) is 14.4. The number of benzene rings is 1. The molecule has 2 aliphatic heterocycles. The molecule has 0 aromatic heterocycles. The van der Waals surface area contributed by atoms with Crippen LogP contribution in [0.15, 0.2) is 29.2 Å². The lowest BCUT2D eigenvalue weighted by atomic mass is 9.72. The first-order chi connectivity index (χ1) is 11.5. The third-order valence-corrected chi connectivity index (χ3v) is 6.06. The minimum absolute atomic E-state index is 0.0259. The molecule has 1 aromatic rings. The van der Waals surface area contributed by atoms with Crippen LogP contribution in [-0.2, 0) is 4.79 Å². The van der Waals surface area contributed by atoms with Crippen molar-refractivity contribution in [1.82, 2.24) is 9.80 Å². The van der Waals surface area contributed by atoms with E-state index in [1.165, 1.54) is 4.90 Å². The predicted octanol–water partition coefficient (Wildman–Crippen LogP) is 3.27. The van der Waals surface area contributed by atoms with Gasteiger partial charge in [-0.25, -0.2) is 4.79 Å². The van der Waals surface area contributed by atoms with E-state index in [-0.39, 0.29) is 17.4 Å². The minimum Gasteiger partial charge on any atom is -0.345 e. The lowest BCUT2D eigenvalue weighted by Gasteiger charge is -2.46. The molecule has 3 amide bonds. The van der Waals surface area contributed by atoms with Crippen LogP contribution >= 0.6 is 11.8 Å². The molecule has 2 aliphatic rings. The van der Waals surface area contributed by atoms with Crippen molar-refractivity contribution in [3.63, 3.8) is 0 Å². The van der Waals surface area contributed by atoms with E-state index in [2.05, 4.69) is 5.32 Å². The maximum absolute atomic E-state index is 12.5. The van der Waals surface area contributed by atoms with Gasteiger partial charge < -0.3 is 15.1 Å². The van der Waals surface area contributed by atoms with Crippen molar-refractivity contribution in [3.8, 4) is 0 Å². The van der Waals surface area contributed by atoms with Gasteiger partial charge >= 0.3 is 6.03 Å². The number of carbonyl (C=O) groups excluding carboxylic acids is 2. The summed E-state index contributed by atoms with van der Waals surface area (Å²) in [5.74, 6) is 0.245. The average Bonchev–Trinajstić information content (AvgIpc) is 2.60. The SMILES string of the molecule is CSc1ccc(NC(=O)N2CCC3(CCC(=O)N(C)C3)CC2)cc1. The summed E-state index contributed by atoms with van der Waals surface area (Å²) in [6.07, 6.45) is 5.59. The number of urea groups is 1. The molecule has 130 valence electrons. The smallest absolute Gasteiger partial charge is 0.321 e. The molecule has 0 bridgehead atoms. The van der Waals surface area contributed by atoms with Crippen LogP contribution in [0, 0.1) is 5.41 Å². The summed E-state index contributed by atoms with van der Waals surface area (Å²) in [6.45, 7) is 2.35. The zero-order chi connectivity index (χ0) is 17.2. The molecule has 2 heterocycles. The summed E-state index contributed by atoms with van der Waals surface area (Å²) < 4.78 is 0. The quantitative estimate of drug-likeness (QED) is 0.836. The zero-order valence-corrected chi connectivity index (χ0v) is 15.2. The van der Waals surface area contributed by atoms with E-state index in [9.17, 15) is 9.59 Å². The second kappa shape index (κ2) is 7.05. The van der Waals surface area contributed by atoms with Crippen molar-refractivity contribution in [2.24, 2.45) is 5.41 Å². The number of rotatable bonds is 2. The Kier molecular flexibility index (Phi) is 5.04. The van der Waals surface area contributed by atoms with Gasteiger partial charge in [-0.3, -0.25) is 4.79 Å². The van der Waals surface area contributed by atoms with Gasteiger partial charge in [-0.1, -0.05) is 0 Å². The van der Waals surface area contributed by atoms with Crippen molar-refractivity contribution < 1.29 is 9.59 Å². The second-order valence-electron chi connectivity index (χ2n) is 6.90. The molecule has 6 heteroatoms. The Morgan fingerprint density at radius 2 is 1.83 bits per heavy atom. The van der Waals surface area contributed by atoms with E-state index < -0.39 is 0 Å². The summed E-state index contributed by atoms with van der Waals surface area (Å²) in [6, 6.07) is 7.89. The largest absolute Gasteiger partial charge is 0.345 e. The van der Waals surface area contributed by atoms with E-state index in [1.807, 2.05) is 47.4 Å². The first-order valence-electron chi connectivity index (χ1n) is 8.45. The van der Waals surface area contributed by atoms with E-state index >= 15 is 0 Å². The monoisotopic (exact) mass is 347 g/mol. The Balaban J connectivity index is 1.54. The number of thioether (sulfide) groups is 1. The van der Waals surface area contributed by atoms with E-state index in [0.29, 0.717) is 6.42 Å². The van der Waals surface area contributed by atoms with Gasteiger partial charge in [0.05, 0.1) is 0 Å². The number of nitrogens with zero attached hydrogens (tertiary/aromatic N) is 2. The van der Waals surface area contributed by atoms with Crippen LogP contribution in [0.25, 0.3) is 0 Å². The van der Waals surface area contributed by atoms with Crippen LogP contribution < -0.4 is 5.32 Å². The maximum Gasteiger partial charge on any atom is 0.321 e. The van der Waals surface area contributed by atoms with Gasteiger partial charge in [0.1, 0.15) is 0 Å². The van der Waals surface area contributed by atoms with Crippen LogP contribution in [0.5, 0.6) is 0 Å². The van der Waals surface area contributed by atoms with E-state index in [0.717, 1.165) is 44.6 Å². The fraction of sp³-hybridized carbons (Fsp3) is 0.556. The summed E-state index contributed by atoms with van der Waals surface area (Å²) in [5.41, 5.74) is 1.04. The van der Waals surface area contributed by atoms with Gasteiger partial charge in [0.2, 0.25) is 5.91 Å². The van der Waals surface area contributed by atoms with Gasteiger partial charge in [0.25, 0.3) is 0 Å². The van der Waals surface area contributed by atoms with E-state index in [4.69, 9.17) is 0 Å². The van der Waals surface area contributed by atoms with Crippen LogP contribution in [0.2, 0.25) is 0 Å². The summed E-state index contributed by atoms with van der Waals surface area (Å²) in [5, 5.41) is 2.98. The molecule has 3 rings (SSSR count). The highest BCUT2D eigenvalue weighted by Gasteiger charge is 2.40.